The number of nitrogens with two attached hydrogens (primary N) is 1. The van der Waals surface area contributed by atoms with Gasteiger partial charge in [-0.25, -0.2) is 0 Å². The topological polar surface area (TPSA) is 58.4 Å². The third kappa shape index (κ3) is 4.56. The molecule has 1 atom stereocenters. The Morgan fingerprint density at radius 1 is 1.47 bits per heavy atom. The number of hydrogen-bond acceptors (Lipinski definition) is 3. The third-order valence-electron chi connectivity index (χ3n) is 3.63. The van der Waals surface area contributed by atoms with Gasteiger partial charge < -0.3 is 16.0 Å². The molecule has 3 N–H and O–H groups in total. The van der Waals surface area contributed by atoms with Crippen LogP contribution in [0.2, 0.25) is 0 Å². The lowest BCUT2D eigenvalue weighted by Crippen LogP contribution is -2.37. The SMILES string of the molecule is CCC(C)N(C)CCNC(=O)c1ccc(C)c(N)c1. The number of nitrogen functional groups attached to an aromatic ring is 1. The summed E-state index contributed by atoms with van der Waals surface area (Å²) in [4.78, 5) is 14.2. The molecule has 106 valence electrons. The summed E-state index contributed by atoms with van der Waals surface area (Å²) in [7, 11) is 2.07. The van der Waals surface area contributed by atoms with Gasteiger partial charge in [-0.15, -0.1) is 0 Å². The lowest BCUT2D eigenvalue weighted by atomic mass is 10.1. The first-order valence-corrected chi connectivity index (χ1v) is 6.80. The predicted octanol–water partition coefficient (Wildman–Crippen LogP) is 2.04. The molecule has 1 aromatic rings. The molecular formula is C15H25N3O. The molecule has 0 radical (unpaired) electrons. The number of hydrogen-bond donors (Lipinski definition) is 2. The number of benzene rings is 1. The lowest BCUT2D eigenvalue weighted by molar-refractivity contribution is 0.0947. The maximum absolute atomic E-state index is 11.9. The molecule has 0 aliphatic heterocycles. The zero-order valence-electron chi connectivity index (χ0n) is 12.4. The van der Waals surface area contributed by atoms with Crippen molar-refractivity contribution >= 4 is 11.6 Å². The van der Waals surface area contributed by atoms with Crippen LogP contribution < -0.4 is 11.1 Å². The van der Waals surface area contributed by atoms with Gasteiger partial charge in [-0.2, -0.15) is 0 Å². The van der Waals surface area contributed by atoms with Crippen molar-refractivity contribution < 1.29 is 4.79 Å². The zero-order chi connectivity index (χ0) is 14.4. The second kappa shape index (κ2) is 7.14. The maximum Gasteiger partial charge on any atom is 0.251 e. The van der Waals surface area contributed by atoms with E-state index in [0.717, 1.165) is 18.5 Å². The van der Waals surface area contributed by atoms with Gasteiger partial charge in [0.1, 0.15) is 0 Å². The van der Waals surface area contributed by atoms with E-state index >= 15 is 0 Å². The van der Waals surface area contributed by atoms with Crippen LogP contribution in [0.3, 0.4) is 0 Å². The van der Waals surface area contributed by atoms with E-state index in [4.69, 9.17) is 5.73 Å². The van der Waals surface area contributed by atoms with E-state index in [0.29, 0.717) is 23.8 Å². The van der Waals surface area contributed by atoms with Crippen molar-refractivity contribution in [1.82, 2.24) is 10.2 Å². The molecule has 0 bridgehead atoms. The number of likely N-dealkylation sites (N-methyl/N-ethyl adjacent to an activating group) is 1. The Labute approximate surface area is 116 Å². The van der Waals surface area contributed by atoms with E-state index < -0.39 is 0 Å². The summed E-state index contributed by atoms with van der Waals surface area (Å²) >= 11 is 0. The molecule has 1 unspecified atom stereocenters. The van der Waals surface area contributed by atoms with Gasteiger partial charge in [0.25, 0.3) is 5.91 Å². The first-order chi connectivity index (χ1) is 8.95. The van der Waals surface area contributed by atoms with E-state index in [-0.39, 0.29) is 5.91 Å². The fourth-order valence-corrected chi connectivity index (χ4v) is 1.76. The van der Waals surface area contributed by atoms with Crippen LogP contribution in [-0.4, -0.2) is 37.0 Å². The van der Waals surface area contributed by atoms with Gasteiger partial charge >= 0.3 is 0 Å². The van der Waals surface area contributed by atoms with Gasteiger partial charge in [-0.1, -0.05) is 13.0 Å². The minimum atomic E-state index is -0.0655. The standard InChI is InChI=1S/C15H25N3O/c1-5-12(3)18(4)9-8-17-15(19)13-7-6-11(2)14(16)10-13/h6-7,10,12H,5,8-9,16H2,1-4H3,(H,17,19). The Kier molecular flexibility index (Phi) is 5.83. The van der Waals surface area contributed by atoms with Crippen molar-refractivity contribution in [1.29, 1.82) is 0 Å². The number of anilines is 1. The number of nitrogens with one attached hydrogen (secondary N) is 1. The summed E-state index contributed by atoms with van der Waals surface area (Å²) in [5, 5.41) is 2.92. The van der Waals surface area contributed by atoms with Crippen LogP contribution in [0.1, 0.15) is 36.2 Å². The molecule has 0 saturated carbocycles. The van der Waals surface area contributed by atoms with Crippen molar-refractivity contribution in [3.05, 3.63) is 29.3 Å². The highest BCUT2D eigenvalue weighted by molar-refractivity contribution is 5.95. The van der Waals surface area contributed by atoms with Gasteiger partial charge in [0.2, 0.25) is 0 Å². The molecule has 4 heteroatoms. The second-order valence-electron chi connectivity index (χ2n) is 5.07. The van der Waals surface area contributed by atoms with Gasteiger partial charge in [0.15, 0.2) is 0 Å². The van der Waals surface area contributed by atoms with Gasteiger partial charge in [0, 0.05) is 30.4 Å². The van der Waals surface area contributed by atoms with Gasteiger partial charge in [-0.3, -0.25) is 4.79 Å². The average Bonchev–Trinajstić information content (AvgIpc) is 2.40. The predicted molar refractivity (Wildman–Crippen MR) is 80.3 cm³/mol. The molecule has 4 nitrogen and oxygen atoms in total. The van der Waals surface area contributed by atoms with Crippen LogP contribution in [0, 0.1) is 6.92 Å². The fourth-order valence-electron chi connectivity index (χ4n) is 1.76. The Bertz CT molecular complexity index is 431. The van der Waals surface area contributed by atoms with Crippen LogP contribution >= 0.6 is 0 Å². The average molecular weight is 263 g/mol. The normalized spacial score (nSPS) is 12.5. The highest BCUT2D eigenvalue weighted by Crippen LogP contribution is 2.12. The van der Waals surface area contributed by atoms with Crippen LogP contribution in [0.4, 0.5) is 5.69 Å². The molecule has 19 heavy (non-hydrogen) atoms. The minimum Gasteiger partial charge on any atom is -0.398 e. The molecule has 0 fully saturated rings. The summed E-state index contributed by atoms with van der Waals surface area (Å²) in [5.74, 6) is -0.0655. The molecule has 0 aromatic heterocycles. The molecule has 0 aliphatic carbocycles. The summed E-state index contributed by atoms with van der Waals surface area (Å²) < 4.78 is 0. The van der Waals surface area contributed by atoms with E-state index in [2.05, 4.69) is 31.1 Å². The van der Waals surface area contributed by atoms with Crippen molar-refractivity contribution in [3.8, 4) is 0 Å². The number of rotatable bonds is 6. The summed E-state index contributed by atoms with van der Waals surface area (Å²) in [6, 6.07) is 5.93. The van der Waals surface area contributed by atoms with Crippen LogP contribution in [0.5, 0.6) is 0 Å². The van der Waals surface area contributed by atoms with Crippen molar-refractivity contribution in [3.63, 3.8) is 0 Å². The maximum atomic E-state index is 11.9. The summed E-state index contributed by atoms with van der Waals surface area (Å²) in [5.41, 5.74) is 8.07. The highest BCUT2D eigenvalue weighted by Gasteiger charge is 2.09. The molecule has 0 heterocycles. The Morgan fingerprint density at radius 3 is 2.74 bits per heavy atom. The highest BCUT2D eigenvalue weighted by atomic mass is 16.1. The second-order valence-corrected chi connectivity index (χ2v) is 5.07. The van der Waals surface area contributed by atoms with Crippen molar-refractivity contribution in [2.45, 2.75) is 33.2 Å². The van der Waals surface area contributed by atoms with Crippen LogP contribution in [0.15, 0.2) is 18.2 Å². The molecule has 1 amide bonds. The van der Waals surface area contributed by atoms with E-state index in [1.807, 2.05) is 13.0 Å². The number of carbonyl (C=O) groups excluding carboxylic acids is 1. The quantitative estimate of drug-likeness (QED) is 0.772. The molecule has 0 aliphatic rings. The number of carbonyl (C=O) groups is 1. The fraction of sp³-hybridized carbons (Fsp3) is 0.533. The molecular weight excluding hydrogens is 238 g/mol. The van der Waals surface area contributed by atoms with Crippen molar-refractivity contribution in [2.24, 2.45) is 0 Å². The molecule has 0 saturated heterocycles. The number of amides is 1. The Morgan fingerprint density at radius 2 is 2.16 bits per heavy atom. The van der Waals surface area contributed by atoms with Gasteiger partial charge in [-0.05, 0) is 45.0 Å². The third-order valence-corrected chi connectivity index (χ3v) is 3.63. The van der Waals surface area contributed by atoms with E-state index in [1.54, 1.807) is 12.1 Å². The van der Waals surface area contributed by atoms with Crippen LogP contribution in [0.25, 0.3) is 0 Å². The number of nitrogens with zero attached hydrogens (tertiary/aromatic N) is 1. The molecule has 1 rings (SSSR count). The summed E-state index contributed by atoms with van der Waals surface area (Å²) in [6.07, 6.45) is 1.11. The van der Waals surface area contributed by atoms with E-state index in [9.17, 15) is 4.79 Å². The molecule has 0 spiro atoms. The van der Waals surface area contributed by atoms with E-state index in [1.165, 1.54) is 0 Å². The van der Waals surface area contributed by atoms with Gasteiger partial charge in [0.05, 0.1) is 0 Å². The lowest BCUT2D eigenvalue weighted by Gasteiger charge is -2.23. The smallest absolute Gasteiger partial charge is 0.251 e. The Hall–Kier alpha value is -1.55. The summed E-state index contributed by atoms with van der Waals surface area (Å²) in [6.45, 7) is 7.77. The largest absolute Gasteiger partial charge is 0.398 e. The first kappa shape index (κ1) is 15.5. The number of aryl methyl sites for hydroxylation is 1. The minimum absolute atomic E-state index is 0.0655. The first-order valence-electron chi connectivity index (χ1n) is 6.80. The zero-order valence-corrected chi connectivity index (χ0v) is 12.4. The Balaban J connectivity index is 2.45. The van der Waals surface area contributed by atoms with Crippen molar-refractivity contribution in [2.75, 3.05) is 25.9 Å². The van der Waals surface area contributed by atoms with Crippen LogP contribution in [-0.2, 0) is 0 Å². The monoisotopic (exact) mass is 263 g/mol. The molecule has 1 aromatic carbocycles.